The van der Waals surface area contributed by atoms with E-state index in [-0.39, 0.29) is 20.4 Å². The third-order valence-electron chi connectivity index (χ3n) is 0.992. The van der Waals surface area contributed by atoms with Gasteiger partial charge in [-0.3, -0.25) is 0 Å². The molecule has 0 amide bonds. The normalized spacial score (nSPS) is 15.6. The van der Waals surface area contributed by atoms with Crippen LogP contribution in [0.4, 0.5) is 0 Å². The van der Waals surface area contributed by atoms with Crippen molar-refractivity contribution in [1.82, 2.24) is 0 Å². The van der Waals surface area contributed by atoms with Crippen LogP contribution < -0.4 is 0 Å². The fraction of sp³-hybridized carbons (Fsp3) is 0.250. The van der Waals surface area contributed by atoms with Gasteiger partial charge >= 0.3 is 64.2 Å². The molecular formula is C8H10Pd2. The van der Waals surface area contributed by atoms with Gasteiger partial charge < -0.3 is 0 Å². The topological polar surface area (TPSA) is 0 Å². The zero-order valence-corrected chi connectivity index (χ0v) is 8.62. The average molecular weight is 319 g/mol. The summed E-state index contributed by atoms with van der Waals surface area (Å²) in [6, 6.07) is 0. The van der Waals surface area contributed by atoms with E-state index in [1.54, 1.807) is 0 Å². The van der Waals surface area contributed by atoms with Gasteiger partial charge in [-0.25, -0.2) is 0 Å². The Morgan fingerprint density at radius 2 is 2.00 bits per heavy atom. The van der Waals surface area contributed by atoms with E-state index < -0.39 is 0 Å². The van der Waals surface area contributed by atoms with Crippen molar-refractivity contribution in [2.75, 3.05) is 0 Å². The van der Waals surface area contributed by atoms with Crippen molar-refractivity contribution in [3.63, 3.8) is 0 Å². The van der Waals surface area contributed by atoms with Crippen LogP contribution in [0.1, 0.15) is 0 Å². The fourth-order valence-corrected chi connectivity index (χ4v) is 2.07. The summed E-state index contributed by atoms with van der Waals surface area (Å²) in [4.78, 5) is 1.17. The minimum atomic E-state index is 0. The van der Waals surface area contributed by atoms with E-state index in [9.17, 15) is 0 Å². The summed E-state index contributed by atoms with van der Waals surface area (Å²) >= 11 is 0.815. The SMILES string of the molecule is C=C[CH2][Pd][CH]1C=CC=C1.[Pd]. The monoisotopic (exact) mass is 318 g/mol. The molecule has 10 heavy (non-hydrogen) atoms. The second-order valence-corrected chi connectivity index (χ2v) is 4.03. The second kappa shape index (κ2) is 6.27. The van der Waals surface area contributed by atoms with Gasteiger partial charge in [0.2, 0.25) is 0 Å². The van der Waals surface area contributed by atoms with Crippen molar-refractivity contribution in [2.24, 2.45) is 0 Å². The largest absolute Gasteiger partial charge is 0 e. The van der Waals surface area contributed by atoms with Crippen LogP contribution >= 0.6 is 0 Å². The van der Waals surface area contributed by atoms with Crippen LogP contribution in [0.15, 0.2) is 37.0 Å². The minimum absolute atomic E-state index is 0. The molecule has 0 N–H and O–H groups in total. The Balaban J connectivity index is 0.000000810. The third kappa shape index (κ3) is 3.65. The Bertz CT molecular complexity index is 135. The van der Waals surface area contributed by atoms with Crippen molar-refractivity contribution in [2.45, 2.75) is 9.28 Å². The first-order valence-electron chi connectivity index (χ1n) is 2.89. The first-order chi connectivity index (χ1) is 4.43. The molecule has 0 atom stereocenters. The Morgan fingerprint density at radius 3 is 2.50 bits per heavy atom. The van der Waals surface area contributed by atoms with Gasteiger partial charge in [0.15, 0.2) is 0 Å². The molecule has 0 unspecified atom stereocenters. The van der Waals surface area contributed by atoms with Gasteiger partial charge in [-0.15, -0.1) is 0 Å². The molecule has 0 fully saturated rings. The van der Waals surface area contributed by atoms with Gasteiger partial charge in [0.05, 0.1) is 0 Å². The van der Waals surface area contributed by atoms with E-state index in [1.165, 1.54) is 4.89 Å². The summed E-state index contributed by atoms with van der Waals surface area (Å²) in [5, 5.41) is 0. The molecule has 0 aliphatic heterocycles. The molecule has 0 radical (unpaired) electrons. The van der Waals surface area contributed by atoms with E-state index in [2.05, 4.69) is 30.9 Å². The van der Waals surface area contributed by atoms with Crippen LogP contribution in [-0.2, 0) is 38.4 Å². The van der Waals surface area contributed by atoms with Gasteiger partial charge in [-0.05, 0) is 0 Å². The Morgan fingerprint density at radius 1 is 1.40 bits per heavy atom. The molecule has 0 nitrogen and oxygen atoms in total. The predicted molar refractivity (Wildman–Crippen MR) is 37.0 cm³/mol. The number of hydrogen-bond acceptors (Lipinski definition) is 0. The summed E-state index contributed by atoms with van der Waals surface area (Å²) in [6.07, 6.45) is 10.7. The van der Waals surface area contributed by atoms with Crippen molar-refractivity contribution < 1.29 is 38.4 Å². The van der Waals surface area contributed by atoms with Crippen LogP contribution in [0.2, 0.25) is 9.28 Å². The summed E-state index contributed by atoms with van der Waals surface area (Å²) in [7, 11) is 0. The molecular weight excluding hydrogens is 309 g/mol. The predicted octanol–water partition coefficient (Wildman–Crippen LogP) is 2.59. The molecule has 0 bridgehead atoms. The Hall–Kier alpha value is 0.545. The zero-order valence-electron chi connectivity index (χ0n) is 5.51. The Labute approximate surface area is 84.3 Å². The van der Waals surface area contributed by atoms with Gasteiger partial charge in [0.1, 0.15) is 0 Å². The number of rotatable bonds is 3. The van der Waals surface area contributed by atoms with Gasteiger partial charge in [0, 0.05) is 20.4 Å². The first kappa shape index (κ1) is 10.5. The van der Waals surface area contributed by atoms with E-state index in [1.807, 2.05) is 6.08 Å². The Kier molecular flexibility index (Phi) is 6.61. The maximum Gasteiger partial charge on any atom is 0 e. The molecule has 0 spiro atoms. The molecule has 0 heterocycles. The molecule has 1 aliphatic carbocycles. The minimum Gasteiger partial charge on any atom is 0 e. The molecule has 62 valence electrons. The molecule has 0 aromatic rings. The van der Waals surface area contributed by atoms with Crippen molar-refractivity contribution >= 4 is 0 Å². The van der Waals surface area contributed by atoms with Crippen molar-refractivity contribution in [1.29, 1.82) is 0 Å². The summed E-state index contributed by atoms with van der Waals surface area (Å²) in [6.45, 7) is 3.69. The summed E-state index contributed by atoms with van der Waals surface area (Å²) < 4.78 is 0.733. The smallest absolute Gasteiger partial charge is 0 e. The molecule has 2 heteroatoms. The third-order valence-corrected chi connectivity index (χ3v) is 3.14. The number of allylic oxidation sites excluding steroid dienone is 5. The van der Waals surface area contributed by atoms with Gasteiger partial charge in [-0.1, -0.05) is 0 Å². The van der Waals surface area contributed by atoms with E-state index in [0.29, 0.717) is 0 Å². The van der Waals surface area contributed by atoms with Crippen LogP contribution in [0.3, 0.4) is 0 Å². The standard InChI is InChI=1S/C5H5.C3H5.2Pd/c1-2-4-5-3-1;1-3-2;;/h1-5H;3H,1-2H2;;. The van der Waals surface area contributed by atoms with Gasteiger partial charge in [-0.2, -0.15) is 0 Å². The second-order valence-electron chi connectivity index (χ2n) is 1.72. The average Bonchev–Trinajstić information content (AvgIpc) is 2.34. The maximum absolute atomic E-state index is 3.69. The molecule has 0 saturated carbocycles. The van der Waals surface area contributed by atoms with Crippen LogP contribution in [0.5, 0.6) is 0 Å². The van der Waals surface area contributed by atoms with Crippen LogP contribution in [0.25, 0.3) is 0 Å². The van der Waals surface area contributed by atoms with Crippen LogP contribution in [-0.4, -0.2) is 0 Å². The molecule has 0 aromatic heterocycles. The van der Waals surface area contributed by atoms with Crippen molar-refractivity contribution in [3.05, 3.63) is 37.0 Å². The summed E-state index contributed by atoms with van der Waals surface area (Å²) in [5.74, 6) is 0. The zero-order chi connectivity index (χ0) is 6.53. The molecule has 0 saturated heterocycles. The molecule has 1 aliphatic rings. The van der Waals surface area contributed by atoms with Gasteiger partial charge in [0.25, 0.3) is 0 Å². The first-order valence-corrected chi connectivity index (χ1v) is 4.89. The molecule has 0 aromatic carbocycles. The molecule has 1 rings (SSSR count). The number of hydrogen-bond donors (Lipinski definition) is 0. The fourth-order valence-electron chi connectivity index (χ4n) is 0.616. The van der Waals surface area contributed by atoms with E-state index in [0.717, 1.165) is 22.4 Å². The van der Waals surface area contributed by atoms with Crippen LogP contribution in [0, 0.1) is 0 Å². The van der Waals surface area contributed by atoms with E-state index in [4.69, 9.17) is 0 Å². The van der Waals surface area contributed by atoms with E-state index >= 15 is 0 Å². The summed E-state index contributed by atoms with van der Waals surface area (Å²) in [5.41, 5.74) is 0. The van der Waals surface area contributed by atoms with Crippen molar-refractivity contribution in [3.8, 4) is 0 Å². The maximum atomic E-state index is 3.69. The quantitative estimate of drug-likeness (QED) is 0.554.